The van der Waals surface area contributed by atoms with Gasteiger partial charge in [-0.15, -0.1) is 11.8 Å². The van der Waals surface area contributed by atoms with Crippen molar-refractivity contribution in [3.05, 3.63) is 64.2 Å². The van der Waals surface area contributed by atoms with Crippen LogP contribution in [0.1, 0.15) is 5.56 Å². The molecule has 0 spiro atoms. The number of nitro benzene ring substituents is 1. The SMILES string of the molecule is CSc1ccc(CN(C)C(=O)Nc2cccc([N+](=O)[O-])c2)cc1. The van der Waals surface area contributed by atoms with E-state index in [1.807, 2.05) is 30.5 Å². The number of benzene rings is 2. The van der Waals surface area contributed by atoms with E-state index in [4.69, 9.17) is 0 Å². The quantitative estimate of drug-likeness (QED) is 0.511. The largest absolute Gasteiger partial charge is 0.323 e. The summed E-state index contributed by atoms with van der Waals surface area (Å²) < 4.78 is 0. The first-order chi connectivity index (χ1) is 11.0. The number of non-ortho nitro benzene ring substituents is 1. The molecule has 0 fully saturated rings. The van der Waals surface area contributed by atoms with Crippen LogP contribution in [0.3, 0.4) is 0 Å². The summed E-state index contributed by atoms with van der Waals surface area (Å²) in [6.07, 6.45) is 2.01. The summed E-state index contributed by atoms with van der Waals surface area (Å²) in [7, 11) is 1.68. The van der Waals surface area contributed by atoms with Crippen molar-refractivity contribution in [2.45, 2.75) is 11.4 Å². The molecular formula is C16H17N3O3S. The molecule has 0 aliphatic carbocycles. The highest BCUT2D eigenvalue weighted by Gasteiger charge is 2.12. The number of anilines is 1. The number of nitrogens with zero attached hydrogens (tertiary/aromatic N) is 2. The molecule has 0 unspecified atom stereocenters. The minimum absolute atomic E-state index is 0.0573. The van der Waals surface area contributed by atoms with Gasteiger partial charge in [0.05, 0.1) is 4.92 Å². The van der Waals surface area contributed by atoms with E-state index in [2.05, 4.69) is 5.32 Å². The number of amides is 2. The van der Waals surface area contributed by atoms with Crippen LogP contribution >= 0.6 is 11.8 Å². The Labute approximate surface area is 138 Å². The lowest BCUT2D eigenvalue weighted by molar-refractivity contribution is -0.384. The second kappa shape index (κ2) is 7.64. The Kier molecular flexibility index (Phi) is 5.59. The van der Waals surface area contributed by atoms with Crippen molar-refractivity contribution in [3.8, 4) is 0 Å². The van der Waals surface area contributed by atoms with E-state index >= 15 is 0 Å². The van der Waals surface area contributed by atoms with Gasteiger partial charge < -0.3 is 10.2 Å². The molecule has 120 valence electrons. The lowest BCUT2D eigenvalue weighted by Gasteiger charge is -2.18. The third kappa shape index (κ3) is 4.72. The van der Waals surface area contributed by atoms with E-state index in [1.54, 1.807) is 24.9 Å². The number of hydrogen-bond donors (Lipinski definition) is 1. The number of thioether (sulfide) groups is 1. The predicted octanol–water partition coefficient (Wildman–Crippen LogP) is 3.98. The molecule has 1 N–H and O–H groups in total. The van der Waals surface area contributed by atoms with E-state index in [9.17, 15) is 14.9 Å². The number of rotatable bonds is 5. The second-order valence-electron chi connectivity index (χ2n) is 4.94. The number of carbonyl (C=O) groups excluding carboxylic acids is 1. The summed E-state index contributed by atoms with van der Waals surface area (Å²) in [6, 6.07) is 13.5. The highest BCUT2D eigenvalue weighted by atomic mass is 32.2. The third-order valence-corrected chi connectivity index (χ3v) is 3.98. The fourth-order valence-electron chi connectivity index (χ4n) is 1.99. The van der Waals surface area contributed by atoms with Crippen molar-refractivity contribution in [2.75, 3.05) is 18.6 Å². The Morgan fingerprint density at radius 2 is 1.96 bits per heavy atom. The maximum Gasteiger partial charge on any atom is 0.321 e. The van der Waals surface area contributed by atoms with E-state index in [-0.39, 0.29) is 11.7 Å². The van der Waals surface area contributed by atoms with Gasteiger partial charge in [-0.1, -0.05) is 18.2 Å². The van der Waals surface area contributed by atoms with Crippen LogP contribution in [-0.2, 0) is 6.54 Å². The lowest BCUT2D eigenvalue weighted by atomic mass is 10.2. The average molecular weight is 331 g/mol. The van der Waals surface area contributed by atoms with Gasteiger partial charge in [0.2, 0.25) is 0 Å². The van der Waals surface area contributed by atoms with E-state index in [0.717, 1.165) is 10.5 Å². The van der Waals surface area contributed by atoms with Crippen molar-refractivity contribution in [3.63, 3.8) is 0 Å². The maximum atomic E-state index is 12.2. The third-order valence-electron chi connectivity index (χ3n) is 3.23. The first-order valence-corrected chi connectivity index (χ1v) is 8.11. The Morgan fingerprint density at radius 1 is 1.26 bits per heavy atom. The summed E-state index contributed by atoms with van der Waals surface area (Å²) >= 11 is 1.66. The molecule has 0 heterocycles. The van der Waals surface area contributed by atoms with Gasteiger partial charge in [-0.2, -0.15) is 0 Å². The lowest BCUT2D eigenvalue weighted by Crippen LogP contribution is -2.30. The molecule has 6 nitrogen and oxygen atoms in total. The highest BCUT2D eigenvalue weighted by Crippen LogP contribution is 2.18. The Balaban J connectivity index is 1.99. The summed E-state index contributed by atoms with van der Waals surface area (Å²) in [4.78, 5) is 25.1. The summed E-state index contributed by atoms with van der Waals surface area (Å²) in [5.41, 5.74) is 1.35. The molecule has 0 aliphatic rings. The number of nitro groups is 1. The van der Waals surface area contributed by atoms with Crippen LogP contribution in [0.5, 0.6) is 0 Å². The van der Waals surface area contributed by atoms with Gasteiger partial charge in [0.25, 0.3) is 5.69 Å². The van der Waals surface area contributed by atoms with Crippen LogP contribution in [0.4, 0.5) is 16.2 Å². The Bertz CT molecular complexity index is 704. The van der Waals surface area contributed by atoms with Crippen molar-refractivity contribution in [1.82, 2.24) is 4.90 Å². The standard InChI is InChI=1S/C16H17N3O3S/c1-18(11-12-6-8-15(23-2)9-7-12)16(20)17-13-4-3-5-14(10-13)19(21)22/h3-10H,11H2,1-2H3,(H,17,20). The minimum atomic E-state index is -0.493. The molecule has 2 rings (SSSR count). The van der Waals surface area contributed by atoms with Gasteiger partial charge in [-0.25, -0.2) is 4.79 Å². The normalized spacial score (nSPS) is 10.2. The first-order valence-electron chi connectivity index (χ1n) is 6.89. The van der Waals surface area contributed by atoms with Crippen LogP contribution < -0.4 is 5.32 Å². The molecule has 0 saturated heterocycles. The van der Waals surface area contributed by atoms with Crippen LogP contribution in [0.2, 0.25) is 0 Å². The molecule has 2 amide bonds. The van der Waals surface area contributed by atoms with Crippen LogP contribution in [0.15, 0.2) is 53.4 Å². The molecule has 0 aromatic heterocycles. The van der Waals surface area contributed by atoms with Gasteiger partial charge in [0.15, 0.2) is 0 Å². The van der Waals surface area contributed by atoms with Gasteiger partial charge in [0, 0.05) is 36.3 Å². The molecule has 23 heavy (non-hydrogen) atoms. The van der Waals surface area contributed by atoms with Crippen molar-refractivity contribution >= 4 is 29.2 Å². The fourth-order valence-corrected chi connectivity index (χ4v) is 2.40. The number of hydrogen-bond acceptors (Lipinski definition) is 4. The molecule has 2 aromatic carbocycles. The zero-order chi connectivity index (χ0) is 16.8. The fraction of sp³-hybridized carbons (Fsp3) is 0.188. The van der Waals surface area contributed by atoms with Crippen molar-refractivity contribution < 1.29 is 9.72 Å². The predicted molar refractivity (Wildman–Crippen MR) is 91.8 cm³/mol. The van der Waals surface area contributed by atoms with Gasteiger partial charge >= 0.3 is 6.03 Å². The summed E-state index contributed by atoms with van der Waals surface area (Å²) in [6.45, 7) is 0.454. The Hall–Kier alpha value is -2.54. The monoisotopic (exact) mass is 331 g/mol. The maximum absolute atomic E-state index is 12.2. The smallest absolute Gasteiger partial charge is 0.321 e. The Morgan fingerprint density at radius 3 is 2.57 bits per heavy atom. The number of urea groups is 1. The zero-order valence-corrected chi connectivity index (χ0v) is 13.7. The van der Waals surface area contributed by atoms with Crippen LogP contribution in [0, 0.1) is 10.1 Å². The molecule has 0 bridgehead atoms. The van der Waals surface area contributed by atoms with Crippen LogP contribution in [-0.4, -0.2) is 29.2 Å². The van der Waals surface area contributed by atoms with Gasteiger partial charge in [-0.05, 0) is 30.0 Å². The molecule has 0 aliphatic heterocycles. The van der Waals surface area contributed by atoms with E-state index < -0.39 is 4.92 Å². The average Bonchev–Trinajstić information content (AvgIpc) is 2.55. The summed E-state index contributed by atoms with van der Waals surface area (Å²) in [5, 5.41) is 13.4. The van der Waals surface area contributed by atoms with Gasteiger partial charge in [-0.3, -0.25) is 10.1 Å². The topological polar surface area (TPSA) is 75.5 Å². The summed E-state index contributed by atoms with van der Waals surface area (Å²) in [5.74, 6) is 0. The second-order valence-corrected chi connectivity index (χ2v) is 5.82. The molecule has 7 heteroatoms. The number of carbonyl (C=O) groups is 1. The molecule has 0 saturated carbocycles. The van der Waals surface area contributed by atoms with E-state index in [1.165, 1.54) is 23.1 Å². The number of nitrogens with one attached hydrogen (secondary N) is 1. The first kappa shape index (κ1) is 16.8. The molecule has 0 atom stereocenters. The minimum Gasteiger partial charge on any atom is -0.323 e. The highest BCUT2D eigenvalue weighted by molar-refractivity contribution is 7.98. The van der Waals surface area contributed by atoms with Crippen molar-refractivity contribution in [1.29, 1.82) is 0 Å². The zero-order valence-electron chi connectivity index (χ0n) is 12.9. The van der Waals surface area contributed by atoms with Crippen molar-refractivity contribution in [2.24, 2.45) is 0 Å². The van der Waals surface area contributed by atoms with Crippen LogP contribution in [0.25, 0.3) is 0 Å². The van der Waals surface area contributed by atoms with E-state index in [0.29, 0.717) is 12.2 Å². The molecule has 2 aromatic rings. The van der Waals surface area contributed by atoms with Gasteiger partial charge in [0.1, 0.15) is 0 Å². The molecular weight excluding hydrogens is 314 g/mol. The molecule has 0 radical (unpaired) electrons.